The number of aryl methyl sites for hydroxylation is 1. The van der Waals surface area contributed by atoms with Gasteiger partial charge in [-0.1, -0.05) is 49.4 Å². The van der Waals surface area contributed by atoms with E-state index in [1.165, 1.54) is 27.8 Å². The van der Waals surface area contributed by atoms with Crippen LogP contribution in [-0.2, 0) is 19.4 Å². The SMILES string of the molecule is CCc1ccc(-c2cccc3c2CNCC3)cc1. The molecular weight excluding hydrogens is 218 g/mol. The summed E-state index contributed by atoms with van der Waals surface area (Å²) in [5.74, 6) is 0. The Morgan fingerprint density at radius 1 is 1.06 bits per heavy atom. The maximum absolute atomic E-state index is 3.47. The summed E-state index contributed by atoms with van der Waals surface area (Å²) >= 11 is 0. The molecule has 0 unspecified atom stereocenters. The predicted octanol–water partition coefficient (Wildman–Crippen LogP) is 3.56. The lowest BCUT2D eigenvalue weighted by molar-refractivity contribution is 0.645. The van der Waals surface area contributed by atoms with E-state index in [1.54, 1.807) is 0 Å². The van der Waals surface area contributed by atoms with E-state index in [1.807, 2.05) is 0 Å². The third kappa shape index (κ3) is 2.06. The molecule has 2 aromatic carbocycles. The van der Waals surface area contributed by atoms with E-state index in [2.05, 4.69) is 54.7 Å². The summed E-state index contributed by atoms with van der Waals surface area (Å²) < 4.78 is 0. The van der Waals surface area contributed by atoms with Crippen LogP contribution in [0.3, 0.4) is 0 Å². The van der Waals surface area contributed by atoms with Crippen LogP contribution in [0.5, 0.6) is 0 Å². The second-order valence-corrected chi connectivity index (χ2v) is 4.92. The van der Waals surface area contributed by atoms with Crippen LogP contribution in [0.25, 0.3) is 11.1 Å². The number of nitrogens with one attached hydrogen (secondary N) is 1. The Balaban J connectivity index is 2.05. The van der Waals surface area contributed by atoms with Crippen molar-refractivity contribution in [2.75, 3.05) is 6.54 Å². The zero-order valence-corrected chi connectivity index (χ0v) is 10.9. The Labute approximate surface area is 109 Å². The van der Waals surface area contributed by atoms with Crippen LogP contribution in [-0.4, -0.2) is 6.54 Å². The molecule has 1 nitrogen and oxygen atoms in total. The normalized spacial score (nSPS) is 14.3. The van der Waals surface area contributed by atoms with E-state index in [-0.39, 0.29) is 0 Å². The minimum absolute atomic E-state index is 1.00. The molecule has 1 heteroatoms. The zero-order chi connectivity index (χ0) is 12.4. The second kappa shape index (κ2) is 4.95. The fourth-order valence-electron chi connectivity index (χ4n) is 2.70. The van der Waals surface area contributed by atoms with Gasteiger partial charge in [-0.3, -0.25) is 0 Å². The van der Waals surface area contributed by atoms with Gasteiger partial charge >= 0.3 is 0 Å². The fourth-order valence-corrected chi connectivity index (χ4v) is 2.70. The summed E-state index contributed by atoms with van der Waals surface area (Å²) in [6, 6.07) is 15.7. The van der Waals surface area contributed by atoms with E-state index in [0.717, 1.165) is 25.9 Å². The van der Waals surface area contributed by atoms with Gasteiger partial charge in [-0.05, 0) is 47.2 Å². The number of hydrogen-bond acceptors (Lipinski definition) is 1. The average molecular weight is 237 g/mol. The van der Waals surface area contributed by atoms with Crippen LogP contribution in [0, 0.1) is 0 Å². The maximum atomic E-state index is 3.47. The molecule has 18 heavy (non-hydrogen) atoms. The molecule has 0 aliphatic carbocycles. The molecule has 1 aliphatic heterocycles. The fraction of sp³-hybridized carbons (Fsp3) is 0.294. The van der Waals surface area contributed by atoms with E-state index >= 15 is 0 Å². The van der Waals surface area contributed by atoms with Crippen molar-refractivity contribution < 1.29 is 0 Å². The molecule has 1 N–H and O–H groups in total. The Morgan fingerprint density at radius 2 is 1.89 bits per heavy atom. The first-order chi connectivity index (χ1) is 8.88. The lowest BCUT2D eigenvalue weighted by Gasteiger charge is -2.20. The molecule has 0 aromatic heterocycles. The monoisotopic (exact) mass is 237 g/mol. The van der Waals surface area contributed by atoms with Gasteiger partial charge < -0.3 is 5.32 Å². The van der Waals surface area contributed by atoms with Crippen molar-refractivity contribution in [2.45, 2.75) is 26.3 Å². The molecule has 0 saturated heterocycles. The van der Waals surface area contributed by atoms with Crippen LogP contribution >= 0.6 is 0 Å². The van der Waals surface area contributed by atoms with Gasteiger partial charge in [-0.2, -0.15) is 0 Å². The first-order valence-electron chi connectivity index (χ1n) is 6.79. The van der Waals surface area contributed by atoms with Gasteiger partial charge in [-0.25, -0.2) is 0 Å². The molecular formula is C17H19N. The molecule has 0 amide bonds. The number of benzene rings is 2. The van der Waals surface area contributed by atoms with Crippen molar-refractivity contribution in [2.24, 2.45) is 0 Å². The molecule has 92 valence electrons. The van der Waals surface area contributed by atoms with Crippen molar-refractivity contribution >= 4 is 0 Å². The maximum Gasteiger partial charge on any atom is 0.0214 e. The van der Waals surface area contributed by atoms with Crippen LogP contribution < -0.4 is 5.32 Å². The molecule has 0 fully saturated rings. The topological polar surface area (TPSA) is 12.0 Å². The Kier molecular flexibility index (Phi) is 3.16. The van der Waals surface area contributed by atoms with Crippen LogP contribution in [0.2, 0.25) is 0 Å². The van der Waals surface area contributed by atoms with Crippen LogP contribution in [0.1, 0.15) is 23.6 Å². The summed E-state index contributed by atoms with van der Waals surface area (Å²) in [6.07, 6.45) is 2.25. The Hall–Kier alpha value is -1.60. The van der Waals surface area contributed by atoms with Gasteiger partial charge in [-0.15, -0.1) is 0 Å². The molecule has 2 aromatic rings. The van der Waals surface area contributed by atoms with Crippen LogP contribution in [0.15, 0.2) is 42.5 Å². The van der Waals surface area contributed by atoms with Crippen molar-refractivity contribution in [3.63, 3.8) is 0 Å². The van der Waals surface area contributed by atoms with Gasteiger partial charge in [0, 0.05) is 6.54 Å². The number of hydrogen-bond donors (Lipinski definition) is 1. The summed E-state index contributed by atoms with van der Waals surface area (Å²) in [5.41, 5.74) is 7.12. The van der Waals surface area contributed by atoms with Gasteiger partial charge in [0.15, 0.2) is 0 Å². The van der Waals surface area contributed by atoms with Crippen molar-refractivity contribution in [3.8, 4) is 11.1 Å². The summed E-state index contributed by atoms with van der Waals surface area (Å²) in [5, 5.41) is 3.47. The lowest BCUT2D eigenvalue weighted by Crippen LogP contribution is -2.24. The highest BCUT2D eigenvalue weighted by Crippen LogP contribution is 2.28. The quantitative estimate of drug-likeness (QED) is 0.842. The molecule has 0 spiro atoms. The molecule has 1 heterocycles. The van der Waals surface area contributed by atoms with Crippen molar-refractivity contribution in [1.82, 2.24) is 5.32 Å². The zero-order valence-electron chi connectivity index (χ0n) is 10.9. The highest BCUT2D eigenvalue weighted by molar-refractivity contribution is 5.69. The van der Waals surface area contributed by atoms with Gasteiger partial charge in [0.1, 0.15) is 0 Å². The number of fused-ring (bicyclic) bond motifs is 1. The van der Waals surface area contributed by atoms with E-state index in [4.69, 9.17) is 0 Å². The molecule has 1 aliphatic rings. The molecule has 0 atom stereocenters. The van der Waals surface area contributed by atoms with Crippen molar-refractivity contribution in [1.29, 1.82) is 0 Å². The van der Waals surface area contributed by atoms with Crippen LogP contribution in [0.4, 0.5) is 0 Å². The molecule has 0 bridgehead atoms. The van der Waals surface area contributed by atoms with E-state index < -0.39 is 0 Å². The molecule has 0 radical (unpaired) electrons. The minimum Gasteiger partial charge on any atom is -0.312 e. The third-order valence-electron chi connectivity index (χ3n) is 3.82. The minimum atomic E-state index is 1.00. The summed E-state index contributed by atoms with van der Waals surface area (Å²) in [4.78, 5) is 0. The second-order valence-electron chi connectivity index (χ2n) is 4.92. The van der Waals surface area contributed by atoms with Gasteiger partial charge in [0.25, 0.3) is 0 Å². The van der Waals surface area contributed by atoms with Gasteiger partial charge in [0.05, 0.1) is 0 Å². The highest BCUT2D eigenvalue weighted by Gasteiger charge is 2.13. The summed E-state index contributed by atoms with van der Waals surface area (Å²) in [6.45, 7) is 4.30. The van der Waals surface area contributed by atoms with E-state index in [0.29, 0.717) is 0 Å². The smallest absolute Gasteiger partial charge is 0.0214 e. The lowest BCUT2D eigenvalue weighted by atomic mass is 9.91. The van der Waals surface area contributed by atoms with E-state index in [9.17, 15) is 0 Å². The van der Waals surface area contributed by atoms with Crippen molar-refractivity contribution in [3.05, 3.63) is 59.2 Å². The molecule has 3 rings (SSSR count). The Bertz CT molecular complexity index is 540. The standard InChI is InChI=1S/C17H19N/c1-2-13-6-8-15(9-7-13)16-5-3-4-14-10-11-18-12-17(14)16/h3-9,18H,2,10-12H2,1H3. The Morgan fingerprint density at radius 3 is 2.67 bits per heavy atom. The van der Waals surface area contributed by atoms with Gasteiger partial charge in [0.2, 0.25) is 0 Å². The molecule has 0 saturated carbocycles. The largest absolute Gasteiger partial charge is 0.312 e. The first kappa shape index (κ1) is 11.5. The third-order valence-corrected chi connectivity index (χ3v) is 3.82. The highest BCUT2D eigenvalue weighted by atomic mass is 14.9. The summed E-state index contributed by atoms with van der Waals surface area (Å²) in [7, 11) is 0. The first-order valence-corrected chi connectivity index (χ1v) is 6.79. The average Bonchev–Trinajstić information content (AvgIpc) is 2.47. The predicted molar refractivity (Wildman–Crippen MR) is 76.7 cm³/mol. The number of rotatable bonds is 2.